The van der Waals surface area contributed by atoms with Crippen LogP contribution in [-0.2, 0) is 24.4 Å². The van der Waals surface area contributed by atoms with Gasteiger partial charge in [0, 0.05) is 31.7 Å². The number of carbonyl (C=O) groups is 1. The van der Waals surface area contributed by atoms with E-state index in [0.29, 0.717) is 24.3 Å². The van der Waals surface area contributed by atoms with Gasteiger partial charge in [-0.05, 0) is 18.6 Å². The summed E-state index contributed by atoms with van der Waals surface area (Å²) < 4.78 is 15.4. The molecule has 3 N–H and O–H groups in total. The molecule has 0 saturated carbocycles. The minimum atomic E-state index is -0.994. The highest BCUT2D eigenvalue weighted by molar-refractivity contribution is 5.78. The zero-order valence-corrected chi connectivity index (χ0v) is 14.4. The SMILES string of the molecule is O=C(CN1CCCn2nc([C@@H](O)CO)cc2C1)NCc1ccccc1F. The predicted octanol–water partition coefficient (Wildman–Crippen LogP) is 0.570. The van der Waals surface area contributed by atoms with Crippen LogP contribution in [0.1, 0.15) is 29.5 Å². The summed E-state index contributed by atoms with van der Waals surface area (Å²) in [6.45, 7) is 1.95. The lowest BCUT2D eigenvalue weighted by atomic mass is 10.2. The Kier molecular flexibility index (Phi) is 5.97. The fourth-order valence-corrected chi connectivity index (χ4v) is 3.04. The third-order valence-corrected chi connectivity index (χ3v) is 4.43. The van der Waals surface area contributed by atoms with Crippen LogP contribution in [0.15, 0.2) is 30.3 Å². The van der Waals surface area contributed by atoms with E-state index in [0.717, 1.165) is 18.7 Å². The van der Waals surface area contributed by atoms with Gasteiger partial charge in [-0.1, -0.05) is 18.2 Å². The van der Waals surface area contributed by atoms with Crippen LogP contribution < -0.4 is 5.32 Å². The zero-order chi connectivity index (χ0) is 18.5. The third kappa shape index (κ3) is 4.46. The molecule has 3 rings (SSSR count). The van der Waals surface area contributed by atoms with Crippen LogP contribution >= 0.6 is 0 Å². The fraction of sp³-hybridized carbons (Fsp3) is 0.444. The average molecular weight is 362 g/mol. The van der Waals surface area contributed by atoms with E-state index < -0.39 is 6.10 Å². The van der Waals surface area contributed by atoms with E-state index in [-0.39, 0.29) is 31.4 Å². The first-order valence-electron chi connectivity index (χ1n) is 8.65. The Labute approximate surface area is 151 Å². The number of aryl methyl sites for hydroxylation is 1. The monoisotopic (exact) mass is 362 g/mol. The maximum absolute atomic E-state index is 13.6. The Balaban J connectivity index is 1.57. The second-order valence-electron chi connectivity index (χ2n) is 6.41. The van der Waals surface area contributed by atoms with Gasteiger partial charge in [-0.3, -0.25) is 14.4 Å². The molecule has 1 aromatic carbocycles. The van der Waals surface area contributed by atoms with Gasteiger partial charge in [0.2, 0.25) is 5.91 Å². The summed E-state index contributed by atoms with van der Waals surface area (Å²) in [6.07, 6.45) is -0.170. The number of amides is 1. The van der Waals surface area contributed by atoms with Crippen LogP contribution in [0.2, 0.25) is 0 Å². The summed E-state index contributed by atoms with van der Waals surface area (Å²) in [5.41, 5.74) is 1.79. The van der Waals surface area contributed by atoms with Gasteiger partial charge >= 0.3 is 0 Å². The Morgan fingerprint density at radius 3 is 2.92 bits per heavy atom. The molecule has 1 atom stereocenters. The number of benzene rings is 1. The standard InChI is InChI=1S/C18H23FN4O3/c19-15-5-2-1-4-13(15)9-20-18(26)11-22-6-3-7-23-14(10-22)8-16(21-23)17(25)12-24/h1-2,4-5,8,17,24-25H,3,6-7,9-12H2,(H,20,26)/t17-/m0/s1. The van der Waals surface area contributed by atoms with Crippen LogP contribution in [-0.4, -0.2) is 50.5 Å². The first-order chi connectivity index (χ1) is 12.6. The van der Waals surface area contributed by atoms with Crippen LogP contribution in [0.3, 0.4) is 0 Å². The van der Waals surface area contributed by atoms with Gasteiger partial charge in [0.15, 0.2) is 0 Å². The smallest absolute Gasteiger partial charge is 0.234 e. The molecular weight excluding hydrogens is 339 g/mol. The van der Waals surface area contributed by atoms with Gasteiger partial charge in [0.25, 0.3) is 0 Å². The maximum atomic E-state index is 13.6. The summed E-state index contributed by atoms with van der Waals surface area (Å²) in [4.78, 5) is 14.2. The number of aliphatic hydroxyl groups is 2. The van der Waals surface area contributed by atoms with Crippen molar-refractivity contribution in [1.29, 1.82) is 0 Å². The van der Waals surface area contributed by atoms with E-state index in [1.807, 2.05) is 9.58 Å². The number of fused-ring (bicyclic) bond motifs is 1. The fourth-order valence-electron chi connectivity index (χ4n) is 3.04. The van der Waals surface area contributed by atoms with Crippen molar-refractivity contribution in [3.63, 3.8) is 0 Å². The molecule has 0 aliphatic carbocycles. The maximum Gasteiger partial charge on any atom is 0.234 e. The molecule has 2 aromatic rings. The number of aromatic nitrogens is 2. The van der Waals surface area contributed by atoms with E-state index in [1.54, 1.807) is 24.3 Å². The molecule has 1 aliphatic rings. The van der Waals surface area contributed by atoms with E-state index in [1.165, 1.54) is 6.07 Å². The van der Waals surface area contributed by atoms with Gasteiger partial charge in [-0.15, -0.1) is 0 Å². The van der Waals surface area contributed by atoms with Crippen molar-refractivity contribution in [3.8, 4) is 0 Å². The van der Waals surface area contributed by atoms with Gasteiger partial charge in [-0.25, -0.2) is 4.39 Å². The molecule has 0 fully saturated rings. The van der Waals surface area contributed by atoms with Crippen molar-refractivity contribution in [3.05, 3.63) is 53.1 Å². The van der Waals surface area contributed by atoms with Crippen LogP contribution in [0.25, 0.3) is 0 Å². The number of rotatable bonds is 6. The van der Waals surface area contributed by atoms with Crippen molar-refractivity contribution in [2.75, 3.05) is 19.7 Å². The molecule has 26 heavy (non-hydrogen) atoms. The molecule has 0 spiro atoms. The van der Waals surface area contributed by atoms with E-state index in [9.17, 15) is 14.3 Å². The Morgan fingerprint density at radius 2 is 2.15 bits per heavy atom. The lowest BCUT2D eigenvalue weighted by Gasteiger charge is -2.19. The van der Waals surface area contributed by atoms with Crippen LogP contribution in [0.4, 0.5) is 4.39 Å². The molecule has 0 radical (unpaired) electrons. The highest BCUT2D eigenvalue weighted by Gasteiger charge is 2.20. The highest BCUT2D eigenvalue weighted by atomic mass is 19.1. The quantitative estimate of drug-likeness (QED) is 0.699. The molecule has 140 valence electrons. The number of nitrogens with zero attached hydrogens (tertiary/aromatic N) is 3. The largest absolute Gasteiger partial charge is 0.393 e. The normalized spacial score (nSPS) is 16.0. The molecule has 2 heterocycles. The number of carbonyl (C=O) groups excluding carboxylic acids is 1. The average Bonchev–Trinajstić information content (AvgIpc) is 2.94. The highest BCUT2D eigenvalue weighted by Crippen LogP contribution is 2.17. The van der Waals surface area contributed by atoms with Gasteiger partial charge in [-0.2, -0.15) is 5.10 Å². The minimum Gasteiger partial charge on any atom is -0.393 e. The second kappa shape index (κ2) is 8.39. The number of hydrogen-bond acceptors (Lipinski definition) is 5. The molecule has 1 aromatic heterocycles. The van der Waals surface area contributed by atoms with Crippen molar-refractivity contribution < 1.29 is 19.4 Å². The molecule has 1 aliphatic heterocycles. The summed E-state index contributed by atoms with van der Waals surface area (Å²) in [5.74, 6) is -0.502. The second-order valence-corrected chi connectivity index (χ2v) is 6.41. The summed E-state index contributed by atoms with van der Waals surface area (Å²) >= 11 is 0. The van der Waals surface area contributed by atoms with E-state index >= 15 is 0 Å². The van der Waals surface area contributed by atoms with Crippen molar-refractivity contribution in [2.45, 2.75) is 32.2 Å². The lowest BCUT2D eigenvalue weighted by molar-refractivity contribution is -0.122. The van der Waals surface area contributed by atoms with Gasteiger partial charge in [0.05, 0.1) is 24.5 Å². The molecule has 1 amide bonds. The zero-order valence-electron chi connectivity index (χ0n) is 14.4. The first kappa shape index (κ1) is 18.5. The lowest BCUT2D eigenvalue weighted by Crippen LogP contribution is -2.36. The van der Waals surface area contributed by atoms with Crippen molar-refractivity contribution in [1.82, 2.24) is 20.0 Å². The summed E-state index contributed by atoms with van der Waals surface area (Å²) in [5, 5.41) is 25.9. The molecule has 0 bridgehead atoms. The minimum absolute atomic E-state index is 0.157. The van der Waals surface area contributed by atoms with Crippen molar-refractivity contribution in [2.24, 2.45) is 0 Å². The molecule has 7 nitrogen and oxygen atoms in total. The van der Waals surface area contributed by atoms with Gasteiger partial charge in [0.1, 0.15) is 11.9 Å². The summed E-state index contributed by atoms with van der Waals surface area (Å²) in [7, 11) is 0. The number of halogens is 1. The van der Waals surface area contributed by atoms with Crippen LogP contribution in [0.5, 0.6) is 0 Å². The molecule has 0 saturated heterocycles. The predicted molar refractivity (Wildman–Crippen MR) is 92.4 cm³/mol. The number of aliphatic hydroxyl groups excluding tert-OH is 2. The Morgan fingerprint density at radius 1 is 1.35 bits per heavy atom. The Bertz CT molecular complexity index is 765. The molecule has 8 heteroatoms. The van der Waals surface area contributed by atoms with Gasteiger partial charge < -0.3 is 15.5 Å². The van der Waals surface area contributed by atoms with Crippen molar-refractivity contribution >= 4 is 5.91 Å². The summed E-state index contributed by atoms with van der Waals surface area (Å²) in [6, 6.07) is 8.13. The van der Waals surface area contributed by atoms with Crippen LogP contribution in [0, 0.1) is 5.82 Å². The topological polar surface area (TPSA) is 90.6 Å². The number of nitrogens with one attached hydrogen (secondary N) is 1. The number of hydrogen-bond donors (Lipinski definition) is 3. The first-order valence-corrected chi connectivity index (χ1v) is 8.65. The Hall–Kier alpha value is -2.29. The van der Waals surface area contributed by atoms with E-state index in [4.69, 9.17) is 5.11 Å². The molecular formula is C18H23FN4O3. The molecule has 0 unspecified atom stereocenters. The van der Waals surface area contributed by atoms with E-state index in [2.05, 4.69) is 10.4 Å². The third-order valence-electron chi connectivity index (χ3n) is 4.43.